The minimum atomic E-state index is 0.815. The predicted octanol–water partition coefficient (Wildman–Crippen LogP) is 0.827. The molecule has 48 valence electrons. The maximum atomic E-state index is 4.12. The van der Waals surface area contributed by atoms with Gasteiger partial charge in [-0.15, -0.1) is 0 Å². The van der Waals surface area contributed by atoms with Gasteiger partial charge in [0.1, 0.15) is 5.82 Å². The van der Waals surface area contributed by atoms with Crippen LogP contribution in [0.1, 0.15) is 5.69 Å². The Labute approximate surface area is 54.2 Å². The van der Waals surface area contributed by atoms with Crippen LogP contribution in [0.4, 0.5) is 5.82 Å². The van der Waals surface area contributed by atoms with Crippen molar-refractivity contribution >= 4 is 5.82 Å². The van der Waals surface area contributed by atoms with Crippen molar-refractivity contribution < 1.29 is 0 Å². The van der Waals surface area contributed by atoms with Crippen molar-refractivity contribution in [1.82, 2.24) is 9.97 Å². The normalized spacial score (nSPS) is 9.11. The highest BCUT2D eigenvalue weighted by Gasteiger charge is 1.87. The second-order valence-corrected chi connectivity index (χ2v) is 1.80. The molecule has 0 aliphatic heterocycles. The molecule has 0 aromatic carbocycles. The lowest BCUT2D eigenvalue weighted by Crippen LogP contribution is -1.93. The Bertz CT molecular complexity index is 197. The summed E-state index contributed by atoms with van der Waals surface area (Å²) in [5.41, 5.74) is 0.932. The smallest absolute Gasteiger partial charge is 0.144 e. The maximum Gasteiger partial charge on any atom is 0.144 e. The Kier molecular flexibility index (Phi) is 1.63. The van der Waals surface area contributed by atoms with Crippen molar-refractivity contribution in [2.45, 2.75) is 6.92 Å². The van der Waals surface area contributed by atoms with E-state index in [0.717, 1.165) is 11.5 Å². The van der Waals surface area contributed by atoms with Crippen LogP contribution in [-0.2, 0) is 0 Å². The number of aryl methyl sites for hydroxylation is 1. The van der Waals surface area contributed by atoms with Gasteiger partial charge in [0.05, 0.1) is 11.9 Å². The van der Waals surface area contributed by atoms with Crippen LogP contribution >= 0.6 is 0 Å². The van der Waals surface area contributed by atoms with Gasteiger partial charge in [-0.3, -0.25) is 4.98 Å². The Morgan fingerprint density at radius 2 is 2.22 bits per heavy atom. The molecular formula is C6H9N3. The number of hydrogen-bond donors (Lipinski definition) is 1. The molecule has 3 nitrogen and oxygen atoms in total. The third-order valence-electron chi connectivity index (χ3n) is 1.01. The molecule has 1 aromatic rings. The van der Waals surface area contributed by atoms with Crippen molar-refractivity contribution in [3.05, 3.63) is 18.1 Å². The first-order valence-corrected chi connectivity index (χ1v) is 2.79. The van der Waals surface area contributed by atoms with Crippen LogP contribution in [0.2, 0.25) is 0 Å². The Morgan fingerprint density at radius 3 is 2.67 bits per heavy atom. The number of hydrogen-bond acceptors (Lipinski definition) is 3. The molecule has 0 saturated carbocycles. The summed E-state index contributed by atoms with van der Waals surface area (Å²) in [6.45, 7) is 1.91. The standard InChI is InChI=1S/C6H9N3/c1-5-3-8-4-6(7-2)9-5/h3-4H,1-2H3,(H,7,9). The minimum Gasteiger partial charge on any atom is -0.372 e. The zero-order valence-corrected chi connectivity index (χ0v) is 5.55. The van der Waals surface area contributed by atoms with Crippen LogP contribution in [0.3, 0.4) is 0 Å². The second kappa shape index (κ2) is 2.44. The monoisotopic (exact) mass is 123 g/mol. The fraction of sp³-hybridized carbons (Fsp3) is 0.333. The third kappa shape index (κ3) is 1.38. The largest absolute Gasteiger partial charge is 0.372 e. The van der Waals surface area contributed by atoms with E-state index in [1.807, 2.05) is 14.0 Å². The molecule has 0 amide bonds. The highest BCUT2D eigenvalue weighted by molar-refractivity contribution is 5.29. The molecule has 1 rings (SSSR count). The molecule has 1 aromatic heterocycles. The van der Waals surface area contributed by atoms with Gasteiger partial charge >= 0.3 is 0 Å². The molecule has 0 spiro atoms. The number of nitrogens with zero attached hydrogens (tertiary/aromatic N) is 2. The van der Waals surface area contributed by atoms with E-state index in [-0.39, 0.29) is 0 Å². The molecule has 0 saturated heterocycles. The van der Waals surface area contributed by atoms with Crippen LogP contribution in [0.5, 0.6) is 0 Å². The SMILES string of the molecule is CNc1cncc(C)n1. The van der Waals surface area contributed by atoms with E-state index in [0.29, 0.717) is 0 Å². The number of aromatic nitrogens is 2. The van der Waals surface area contributed by atoms with E-state index in [1.165, 1.54) is 0 Å². The lowest BCUT2D eigenvalue weighted by molar-refractivity contribution is 1.11. The summed E-state index contributed by atoms with van der Waals surface area (Å²) in [5.74, 6) is 0.815. The maximum absolute atomic E-state index is 4.12. The molecule has 0 atom stereocenters. The molecule has 0 fully saturated rings. The summed E-state index contributed by atoms with van der Waals surface area (Å²) in [6, 6.07) is 0. The van der Waals surface area contributed by atoms with Gasteiger partial charge in [-0.25, -0.2) is 4.98 Å². The third-order valence-corrected chi connectivity index (χ3v) is 1.01. The van der Waals surface area contributed by atoms with Crippen LogP contribution in [0.25, 0.3) is 0 Å². The first kappa shape index (κ1) is 6.01. The molecule has 0 unspecified atom stereocenters. The lowest BCUT2D eigenvalue weighted by atomic mass is 10.5. The van der Waals surface area contributed by atoms with Gasteiger partial charge in [-0.1, -0.05) is 0 Å². The molecule has 0 bridgehead atoms. The summed E-state index contributed by atoms with van der Waals surface area (Å²) in [6.07, 6.45) is 3.41. The number of rotatable bonds is 1. The van der Waals surface area contributed by atoms with E-state index in [2.05, 4.69) is 15.3 Å². The summed E-state index contributed by atoms with van der Waals surface area (Å²) in [4.78, 5) is 8.05. The number of anilines is 1. The Hall–Kier alpha value is -1.12. The molecular weight excluding hydrogens is 114 g/mol. The zero-order chi connectivity index (χ0) is 6.69. The molecule has 0 aliphatic carbocycles. The summed E-state index contributed by atoms with van der Waals surface area (Å²) in [7, 11) is 1.82. The van der Waals surface area contributed by atoms with Crippen LogP contribution in [0.15, 0.2) is 12.4 Å². The van der Waals surface area contributed by atoms with Crippen LogP contribution in [0, 0.1) is 6.92 Å². The van der Waals surface area contributed by atoms with Crippen LogP contribution < -0.4 is 5.32 Å². The van der Waals surface area contributed by atoms with Crippen molar-refractivity contribution in [2.75, 3.05) is 12.4 Å². The lowest BCUT2D eigenvalue weighted by Gasteiger charge is -1.96. The van der Waals surface area contributed by atoms with Gasteiger partial charge in [-0.05, 0) is 6.92 Å². The van der Waals surface area contributed by atoms with Crippen molar-refractivity contribution in [1.29, 1.82) is 0 Å². The average Bonchev–Trinajstić information content (AvgIpc) is 1.88. The second-order valence-electron chi connectivity index (χ2n) is 1.80. The molecule has 3 heteroatoms. The first-order valence-electron chi connectivity index (χ1n) is 2.79. The van der Waals surface area contributed by atoms with Gasteiger partial charge in [0, 0.05) is 13.2 Å². The van der Waals surface area contributed by atoms with Gasteiger partial charge in [-0.2, -0.15) is 0 Å². The molecule has 0 aliphatic rings. The summed E-state index contributed by atoms with van der Waals surface area (Å²) >= 11 is 0. The summed E-state index contributed by atoms with van der Waals surface area (Å²) in [5, 5.41) is 2.89. The van der Waals surface area contributed by atoms with Crippen molar-refractivity contribution in [3.63, 3.8) is 0 Å². The highest BCUT2D eigenvalue weighted by Crippen LogP contribution is 1.97. The Morgan fingerprint density at radius 1 is 1.44 bits per heavy atom. The quantitative estimate of drug-likeness (QED) is 0.601. The average molecular weight is 123 g/mol. The molecule has 1 N–H and O–H groups in total. The topological polar surface area (TPSA) is 37.8 Å². The van der Waals surface area contributed by atoms with E-state index in [9.17, 15) is 0 Å². The summed E-state index contributed by atoms with van der Waals surface area (Å²) < 4.78 is 0. The molecule has 1 heterocycles. The minimum absolute atomic E-state index is 0.815. The van der Waals surface area contributed by atoms with E-state index in [1.54, 1.807) is 12.4 Å². The van der Waals surface area contributed by atoms with Gasteiger partial charge in [0.25, 0.3) is 0 Å². The van der Waals surface area contributed by atoms with Gasteiger partial charge in [0.15, 0.2) is 0 Å². The van der Waals surface area contributed by atoms with Gasteiger partial charge < -0.3 is 5.32 Å². The Balaban J connectivity index is 2.94. The fourth-order valence-corrected chi connectivity index (χ4v) is 0.584. The highest BCUT2D eigenvalue weighted by atomic mass is 15.0. The van der Waals surface area contributed by atoms with Crippen molar-refractivity contribution in [2.24, 2.45) is 0 Å². The van der Waals surface area contributed by atoms with E-state index < -0.39 is 0 Å². The predicted molar refractivity (Wildman–Crippen MR) is 36.3 cm³/mol. The van der Waals surface area contributed by atoms with E-state index >= 15 is 0 Å². The van der Waals surface area contributed by atoms with E-state index in [4.69, 9.17) is 0 Å². The first-order chi connectivity index (χ1) is 4.33. The van der Waals surface area contributed by atoms with Gasteiger partial charge in [0.2, 0.25) is 0 Å². The van der Waals surface area contributed by atoms with Crippen molar-refractivity contribution in [3.8, 4) is 0 Å². The molecule has 9 heavy (non-hydrogen) atoms. The number of nitrogens with one attached hydrogen (secondary N) is 1. The fourth-order valence-electron chi connectivity index (χ4n) is 0.584. The van der Waals surface area contributed by atoms with Crippen LogP contribution in [-0.4, -0.2) is 17.0 Å². The molecule has 0 radical (unpaired) electrons. The zero-order valence-electron chi connectivity index (χ0n) is 5.55.